The third-order valence-electron chi connectivity index (χ3n) is 7.31. The average Bonchev–Trinajstić information content (AvgIpc) is 3.24. The van der Waals surface area contributed by atoms with Crippen molar-refractivity contribution in [3.8, 4) is 5.75 Å². The number of aliphatic hydroxyl groups is 1. The lowest BCUT2D eigenvalue weighted by Gasteiger charge is -2.35. The van der Waals surface area contributed by atoms with Crippen LogP contribution in [0.3, 0.4) is 0 Å². The van der Waals surface area contributed by atoms with E-state index in [-0.39, 0.29) is 30.0 Å². The zero-order chi connectivity index (χ0) is 24.1. The van der Waals surface area contributed by atoms with E-state index in [2.05, 4.69) is 5.32 Å². The predicted molar refractivity (Wildman–Crippen MR) is 127 cm³/mol. The zero-order valence-corrected chi connectivity index (χ0v) is 19.6. The predicted octanol–water partition coefficient (Wildman–Crippen LogP) is 3.78. The smallest absolute Gasteiger partial charge is 0.222 e. The summed E-state index contributed by atoms with van der Waals surface area (Å²) in [6.07, 6.45) is 2.99. The molecule has 2 aromatic carbocycles. The van der Waals surface area contributed by atoms with E-state index in [4.69, 9.17) is 4.74 Å². The molecular weight excluding hydrogens is 435 g/mol. The lowest BCUT2D eigenvalue weighted by molar-refractivity contribution is -0.134. The van der Waals surface area contributed by atoms with Gasteiger partial charge in [-0.15, -0.1) is 0 Å². The molecule has 0 saturated carbocycles. The van der Waals surface area contributed by atoms with Gasteiger partial charge in [0.1, 0.15) is 11.6 Å². The van der Waals surface area contributed by atoms with Gasteiger partial charge in [0.15, 0.2) is 0 Å². The highest BCUT2D eigenvalue weighted by molar-refractivity contribution is 5.80. The molecule has 2 atom stereocenters. The number of nitrogens with zero attached hydrogens (tertiary/aromatic N) is 1. The zero-order valence-electron chi connectivity index (χ0n) is 19.6. The second-order valence-corrected chi connectivity index (χ2v) is 9.54. The number of halogens is 1. The monoisotopic (exact) mass is 468 g/mol. The van der Waals surface area contributed by atoms with Crippen LogP contribution < -0.4 is 10.1 Å². The molecule has 182 valence electrons. The van der Waals surface area contributed by atoms with Crippen molar-refractivity contribution in [2.24, 2.45) is 5.92 Å². The second-order valence-electron chi connectivity index (χ2n) is 9.54. The van der Waals surface area contributed by atoms with Gasteiger partial charge in [-0.05, 0) is 67.3 Å². The number of amides is 2. The van der Waals surface area contributed by atoms with Crippen LogP contribution >= 0.6 is 0 Å². The minimum Gasteiger partial charge on any atom is -0.497 e. The van der Waals surface area contributed by atoms with Crippen LogP contribution in [0.1, 0.15) is 55.8 Å². The fourth-order valence-corrected chi connectivity index (χ4v) is 5.25. The average molecular weight is 469 g/mol. The van der Waals surface area contributed by atoms with Gasteiger partial charge in [0.25, 0.3) is 0 Å². The van der Waals surface area contributed by atoms with Crippen molar-refractivity contribution in [1.82, 2.24) is 10.2 Å². The Morgan fingerprint density at radius 2 is 1.97 bits per heavy atom. The first kappa shape index (κ1) is 24.2. The van der Waals surface area contributed by atoms with E-state index < -0.39 is 11.6 Å². The molecule has 0 radical (unpaired) electrons. The normalized spacial score (nSPS) is 21.9. The first-order valence-electron chi connectivity index (χ1n) is 12.0. The van der Waals surface area contributed by atoms with Gasteiger partial charge in [0, 0.05) is 31.5 Å². The molecule has 6 nitrogen and oxygen atoms in total. The van der Waals surface area contributed by atoms with Gasteiger partial charge in [-0.1, -0.05) is 30.3 Å². The van der Waals surface area contributed by atoms with Crippen LogP contribution in [0.25, 0.3) is 0 Å². The fourth-order valence-electron chi connectivity index (χ4n) is 5.25. The molecule has 2 aromatic rings. The molecule has 2 saturated heterocycles. The summed E-state index contributed by atoms with van der Waals surface area (Å²) in [6, 6.07) is 14.2. The highest BCUT2D eigenvalue weighted by Crippen LogP contribution is 2.33. The van der Waals surface area contributed by atoms with E-state index in [0.29, 0.717) is 50.1 Å². The van der Waals surface area contributed by atoms with Gasteiger partial charge in [-0.2, -0.15) is 0 Å². The molecule has 0 unspecified atom stereocenters. The Morgan fingerprint density at radius 1 is 1.24 bits per heavy atom. The molecular formula is C27H33FN2O4. The molecule has 2 heterocycles. The van der Waals surface area contributed by atoms with Crippen molar-refractivity contribution in [1.29, 1.82) is 0 Å². The molecule has 2 amide bonds. The molecule has 0 aromatic heterocycles. The molecule has 2 aliphatic heterocycles. The maximum Gasteiger partial charge on any atom is 0.222 e. The Hall–Kier alpha value is -2.93. The first-order chi connectivity index (χ1) is 16.4. The molecule has 4 rings (SSSR count). The van der Waals surface area contributed by atoms with Crippen molar-refractivity contribution in [2.45, 2.75) is 56.6 Å². The van der Waals surface area contributed by atoms with Crippen molar-refractivity contribution in [2.75, 3.05) is 20.2 Å². The van der Waals surface area contributed by atoms with Gasteiger partial charge < -0.3 is 20.1 Å². The SMILES string of the molecule is COc1ccc(F)c(C[C@]2(CCC(=O)N3CCC([C@@H](O)c4ccccc4)CC3)CCC(=O)N2)c1. The van der Waals surface area contributed by atoms with Gasteiger partial charge in [-0.25, -0.2) is 4.39 Å². The number of hydrogen-bond donors (Lipinski definition) is 2. The lowest BCUT2D eigenvalue weighted by atomic mass is 9.84. The molecule has 0 spiro atoms. The van der Waals surface area contributed by atoms with E-state index >= 15 is 0 Å². The lowest BCUT2D eigenvalue weighted by Crippen LogP contribution is -2.46. The topological polar surface area (TPSA) is 78.9 Å². The van der Waals surface area contributed by atoms with Crippen molar-refractivity contribution in [3.63, 3.8) is 0 Å². The van der Waals surface area contributed by atoms with Crippen molar-refractivity contribution >= 4 is 11.8 Å². The molecule has 0 aliphatic carbocycles. The van der Waals surface area contributed by atoms with E-state index in [9.17, 15) is 19.1 Å². The Bertz CT molecular complexity index is 1010. The summed E-state index contributed by atoms with van der Waals surface area (Å²) in [7, 11) is 1.53. The maximum atomic E-state index is 14.5. The summed E-state index contributed by atoms with van der Waals surface area (Å²) in [4.78, 5) is 26.9. The highest BCUT2D eigenvalue weighted by atomic mass is 19.1. The van der Waals surface area contributed by atoms with E-state index in [1.165, 1.54) is 13.2 Å². The van der Waals surface area contributed by atoms with Crippen LogP contribution in [0, 0.1) is 11.7 Å². The number of carbonyl (C=O) groups excluding carboxylic acids is 2. The summed E-state index contributed by atoms with van der Waals surface area (Å²) in [5, 5.41) is 13.7. The number of likely N-dealkylation sites (tertiary alicyclic amines) is 1. The molecule has 34 heavy (non-hydrogen) atoms. The van der Waals surface area contributed by atoms with Gasteiger partial charge in [-0.3, -0.25) is 9.59 Å². The fraction of sp³-hybridized carbons (Fsp3) is 0.481. The van der Waals surface area contributed by atoms with Crippen LogP contribution in [-0.2, 0) is 16.0 Å². The minimum atomic E-state index is -0.637. The van der Waals surface area contributed by atoms with E-state index in [1.54, 1.807) is 12.1 Å². The Morgan fingerprint density at radius 3 is 2.62 bits per heavy atom. The first-order valence-corrected chi connectivity index (χ1v) is 12.0. The van der Waals surface area contributed by atoms with Crippen LogP contribution in [0.2, 0.25) is 0 Å². The third-order valence-corrected chi connectivity index (χ3v) is 7.31. The Labute approximate surface area is 200 Å². The molecule has 2 N–H and O–H groups in total. The Balaban J connectivity index is 1.35. The number of carbonyl (C=O) groups is 2. The van der Waals surface area contributed by atoms with Crippen molar-refractivity contribution in [3.05, 3.63) is 65.5 Å². The van der Waals surface area contributed by atoms with Gasteiger partial charge in [0.2, 0.25) is 11.8 Å². The molecule has 0 bridgehead atoms. The minimum absolute atomic E-state index is 0.0410. The summed E-state index contributed by atoms with van der Waals surface area (Å²) in [5.74, 6) is 0.327. The maximum absolute atomic E-state index is 14.5. The van der Waals surface area contributed by atoms with Crippen LogP contribution in [0.5, 0.6) is 5.75 Å². The molecule has 2 aliphatic rings. The quantitative estimate of drug-likeness (QED) is 0.618. The summed E-state index contributed by atoms with van der Waals surface area (Å²) in [6.45, 7) is 1.22. The standard InChI is InChI=1S/C27H33FN2O4/c1-34-22-7-8-23(28)21(17-22)18-27(13-9-24(31)29-27)14-10-25(32)30-15-11-20(12-16-30)26(33)19-5-3-2-4-6-19/h2-8,17,20,26,33H,9-16,18H2,1H3,(H,29,31)/t26-,27+/m0/s1. The van der Waals surface area contributed by atoms with E-state index in [0.717, 1.165) is 18.4 Å². The Kier molecular flexibility index (Phi) is 7.51. The number of rotatable bonds is 8. The molecule has 7 heteroatoms. The van der Waals surface area contributed by atoms with Crippen LogP contribution in [-0.4, -0.2) is 47.6 Å². The van der Waals surface area contributed by atoms with Gasteiger partial charge >= 0.3 is 0 Å². The number of nitrogens with one attached hydrogen (secondary N) is 1. The molecule has 2 fully saturated rings. The van der Waals surface area contributed by atoms with Crippen molar-refractivity contribution < 1.29 is 23.8 Å². The number of piperidine rings is 1. The summed E-state index contributed by atoms with van der Waals surface area (Å²) < 4.78 is 19.7. The number of benzene rings is 2. The summed E-state index contributed by atoms with van der Waals surface area (Å²) in [5.41, 5.74) is 0.752. The van der Waals surface area contributed by atoms with E-state index in [1.807, 2.05) is 35.2 Å². The third kappa shape index (κ3) is 5.58. The number of hydrogen-bond acceptors (Lipinski definition) is 4. The van der Waals surface area contributed by atoms with Gasteiger partial charge in [0.05, 0.1) is 13.2 Å². The largest absolute Gasteiger partial charge is 0.497 e. The number of ether oxygens (including phenoxy) is 1. The number of aliphatic hydroxyl groups excluding tert-OH is 1. The van der Waals surface area contributed by atoms with Crippen LogP contribution in [0.4, 0.5) is 4.39 Å². The summed E-state index contributed by atoms with van der Waals surface area (Å²) >= 11 is 0. The van der Waals surface area contributed by atoms with Crippen LogP contribution in [0.15, 0.2) is 48.5 Å². The number of methoxy groups -OCH3 is 1. The second kappa shape index (κ2) is 10.6. The highest BCUT2D eigenvalue weighted by Gasteiger charge is 2.39.